The molecule has 0 aromatic heterocycles. The van der Waals surface area contributed by atoms with Gasteiger partial charge in [0.2, 0.25) is 0 Å². The van der Waals surface area contributed by atoms with Gasteiger partial charge in [-0.05, 0) is 168 Å². The first-order valence-corrected chi connectivity index (χ1v) is 19.4. The van der Waals surface area contributed by atoms with Gasteiger partial charge >= 0.3 is 10.4 Å². The largest absolute Gasteiger partial charge is 0.397 e. The predicted molar refractivity (Wildman–Crippen MR) is 177 cm³/mol. The zero-order valence-electron chi connectivity index (χ0n) is 28.5. The average molecular weight is 626 g/mol. The zero-order valence-corrected chi connectivity index (χ0v) is 29.3. The van der Waals surface area contributed by atoms with Crippen molar-refractivity contribution in [2.24, 2.45) is 57.5 Å². The molecule has 7 nitrogen and oxygen atoms in total. The van der Waals surface area contributed by atoms with Crippen molar-refractivity contribution in [2.45, 2.75) is 144 Å². The van der Waals surface area contributed by atoms with E-state index in [2.05, 4.69) is 38.3 Å². The SMILES string of the molecule is CC(C)C(CCC(C)(C)C1CCC2C3CCC4CC(NCCCNCCCCN)CCC4(C)C3CCC21C)OS(=O)(=O)O. The second-order valence-corrected chi connectivity index (χ2v) is 17.7. The van der Waals surface area contributed by atoms with Gasteiger partial charge in [-0.15, -0.1) is 0 Å². The van der Waals surface area contributed by atoms with Crippen LogP contribution in [0.25, 0.3) is 0 Å². The Hall–Kier alpha value is -0.250. The number of rotatable bonds is 16. The second kappa shape index (κ2) is 14.7. The zero-order chi connectivity index (χ0) is 31.5. The summed E-state index contributed by atoms with van der Waals surface area (Å²) in [4.78, 5) is 0. The molecule has 4 aliphatic rings. The Kier molecular flexibility index (Phi) is 12.1. The Morgan fingerprint density at radius 3 is 2.33 bits per heavy atom. The second-order valence-electron chi connectivity index (χ2n) is 16.7. The fourth-order valence-corrected chi connectivity index (χ4v) is 11.7. The molecule has 4 saturated carbocycles. The van der Waals surface area contributed by atoms with Crippen LogP contribution in [0, 0.1) is 51.8 Å². The molecule has 4 rings (SSSR count). The van der Waals surface area contributed by atoms with Crippen LogP contribution in [-0.4, -0.2) is 51.3 Å². The van der Waals surface area contributed by atoms with Crippen LogP contribution in [0.5, 0.6) is 0 Å². The van der Waals surface area contributed by atoms with E-state index in [9.17, 15) is 13.0 Å². The van der Waals surface area contributed by atoms with Gasteiger partial charge in [0.25, 0.3) is 0 Å². The summed E-state index contributed by atoms with van der Waals surface area (Å²) in [6.07, 6.45) is 16.9. The van der Waals surface area contributed by atoms with Gasteiger partial charge in [-0.2, -0.15) is 8.42 Å². The molecule has 0 saturated heterocycles. The Bertz CT molecular complexity index is 990. The van der Waals surface area contributed by atoms with Crippen molar-refractivity contribution in [1.29, 1.82) is 0 Å². The first-order chi connectivity index (χ1) is 20.2. The minimum atomic E-state index is -4.44. The highest BCUT2D eigenvalue weighted by Crippen LogP contribution is 2.69. The van der Waals surface area contributed by atoms with E-state index in [0.717, 1.165) is 62.7 Å². The lowest BCUT2D eigenvalue weighted by molar-refractivity contribution is -0.123. The van der Waals surface area contributed by atoms with E-state index in [-0.39, 0.29) is 11.3 Å². The molecule has 5 N–H and O–H groups in total. The van der Waals surface area contributed by atoms with Crippen LogP contribution in [0.15, 0.2) is 0 Å². The molecule has 9 unspecified atom stereocenters. The van der Waals surface area contributed by atoms with Gasteiger partial charge in [-0.3, -0.25) is 4.55 Å². The molecule has 0 aromatic carbocycles. The van der Waals surface area contributed by atoms with Crippen LogP contribution < -0.4 is 16.4 Å². The number of unbranched alkanes of at least 4 members (excludes halogenated alkanes) is 1. The Morgan fingerprint density at radius 2 is 1.63 bits per heavy atom. The number of nitrogens with two attached hydrogens (primary N) is 1. The molecule has 8 heteroatoms. The highest BCUT2D eigenvalue weighted by molar-refractivity contribution is 7.80. The van der Waals surface area contributed by atoms with E-state index in [0.29, 0.717) is 29.2 Å². The van der Waals surface area contributed by atoms with Crippen molar-refractivity contribution in [3.63, 3.8) is 0 Å². The summed E-state index contributed by atoms with van der Waals surface area (Å²) in [7, 11) is -4.44. The standard InChI is InChI=1S/C35H67N3O4S/c1-25(2)31(42-43(39,40)41)16-17-33(3,4)32-13-12-29-28-11-10-26-24-27(38-23-9-22-37-21-8-7-20-36)14-18-34(26,5)30(28)15-19-35(29,32)6/h25-32,37-38H,7-24,36H2,1-6H3,(H,39,40,41). The third-order valence-corrected chi connectivity index (χ3v) is 13.9. The number of nitrogens with one attached hydrogen (secondary N) is 2. The van der Waals surface area contributed by atoms with Crippen LogP contribution in [-0.2, 0) is 14.6 Å². The molecule has 4 fully saturated rings. The Morgan fingerprint density at radius 1 is 0.930 bits per heavy atom. The van der Waals surface area contributed by atoms with E-state index in [1.54, 1.807) is 0 Å². The van der Waals surface area contributed by atoms with Crippen molar-refractivity contribution in [2.75, 3.05) is 26.2 Å². The van der Waals surface area contributed by atoms with Crippen LogP contribution in [0.3, 0.4) is 0 Å². The van der Waals surface area contributed by atoms with Crippen molar-refractivity contribution < 1.29 is 17.2 Å². The van der Waals surface area contributed by atoms with E-state index < -0.39 is 16.5 Å². The van der Waals surface area contributed by atoms with E-state index in [1.165, 1.54) is 70.6 Å². The summed E-state index contributed by atoms with van der Waals surface area (Å²) in [5, 5.41) is 7.50. The highest BCUT2D eigenvalue weighted by Gasteiger charge is 2.61. The molecule has 0 aliphatic heterocycles. The number of fused-ring (bicyclic) bond motifs is 5. The van der Waals surface area contributed by atoms with Crippen molar-refractivity contribution in [1.82, 2.24) is 10.6 Å². The third kappa shape index (κ3) is 8.38. The lowest BCUT2D eigenvalue weighted by atomic mass is 9.43. The minimum absolute atomic E-state index is 0.0369. The minimum Gasteiger partial charge on any atom is -0.330 e. The molecule has 0 spiro atoms. The van der Waals surface area contributed by atoms with Gasteiger partial charge in [0, 0.05) is 6.04 Å². The lowest BCUT2D eigenvalue weighted by Crippen LogP contribution is -2.55. The molecule has 0 aromatic rings. The maximum atomic E-state index is 11.5. The van der Waals surface area contributed by atoms with E-state index in [4.69, 9.17) is 9.92 Å². The van der Waals surface area contributed by atoms with Crippen molar-refractivity contribution >= 4 is 10.4 Å². The molecule has 9 atom stereocenters. The first-order valence-electron chi connectivity index (χ1n) is 18.0. The van der Waals surface area contributed by atoms with Gasteiger partial charge in [0.1, 0.15) is 0 Å². The highest BCUT2D eigenvalue weighted by atomic mass is 32.3. The molecule has 43 heavy (non-hydrogen) atoms. The molecule has 0 bridgehead atoms. The molecule has 0 radical (unpaired) electrons. The van der Waals surface area contributed by atoms with E-state index in [1.807, 2.05) is 13.8 Å². The predicted octanol–water partition coefficient (Wildman–Crippen LogP) is 6.97. The summed E-state index contributed by atoms with van der Waals surface area (Å²) >= 11 is 0. The van der Waals surface area contributed by atoms with Crippen LogP contribution in [0.1, 0.15) is 131 Å². The third-order valence-electron chi connectivity index (χ3n) is 13.4. The lowest BCUT2D eigenvalue weighted by Gasteiger charge is -2.62. The average Bonchev–Trinajstić information content (AvgIpc) is 3.30. The summed E-state index contributed by atoms with van der Waals surface area (Å²) in [5.41, 5.74) is 6.56. The fourth-order valence-electron chi connectivity index (χ4n) is 11.1. The monoisotopic (exact) mass is 625 g/mol. The molecule has 0 amide bonds. The van der Waals surface area contributed by atoms with Crippen LogP contribution >= 0.6 is 0 Å². The molecule has 4 aliphatic carbocycles. The summed E-state index contributed by atoms with van der Waals surface area (Å²) < 4.78 is 37.4. The van der Waals surface area contributed by atoms with Crippen molar-refractivity contribution in [3.8, 4) is 0 Å². The molecular formula is C35H67N3O4S. The summed E-state index contributed by atoms with van der Waals surface area (Å²) in [6.45, 7) is 18.2. The number of hydrogen-bond acceptors (Lipinski definition) is 6. The number of hydrogen-bond donors (Lipinski definition) is 4. The van der Waals surface area contributed by atoms with Gasteiger partial charge < -0.3 is 16.4 Å². The Labute approximate surface area is 265 Å². The maximum Gasteiger partial charge on any atom is 0.397 e. The maximum absolute atomic E-state index is 11.5. The van der Waals surface area contributed by atoms with Gasteiger partial charge in [0.15, 0.2) is 0 Å². The topological polar surface area (TPSA) is 114 Å². The van der Waals surface area contributed by atoms with E-state index >= 15 is 0 Å². The summed E-state index contributed by atoms with van der Waals surface area (Å²) in [6, 6.07) is 0.692. The van der Waals surface area contributed by atoms with Gasteiger partial charge in [-0.25, -0.2) is 4.18 Å². The van der Waals surface area contributed by atoms with Crippen LogP contribution in [0.2, 0.25) is 0 Å². The van der Waals surface area contributed by atoms with Crippen LogP contribution in [0.4, 0.5) is 0 Å². The molecule has 0 heterocycles. The molecular weight excluding hydrogens is 558 g/mol. The summed E-state index contributed by atoms with van der Waals surface area (Å²) in [5.74, 6) is 4.10. The van der Waals surface area contributed by atoms with Gasteiger partial charge in [-0.1, -0.05) is 41.5 Å². The van der Waals surface area contributed by atoms with Gasteiger partial charge in [0.05, 0.1) is 6.10 Å². The quantitative estimate of drug-likeness (QED) is 0.108. The fraction of sp³-hybridized carbons (Fsp3) is 1.00. The first kappa shape index (κ1) is 35.6. The normalized spacial score (nSPS) is 37.1. The van der Waals surface area contributed by atoms with Crippen molar-refractivity contribution in [3.05, 3.63) is 0 Å². The molecule has 252 valence electrons. The Balaban J connectivity index is 1.31. The smallest absolute Gasteiger partial charge is 0.330 e.